The van der Waals surface area contributed by atoms with Gasteiger partial charge in [0.15, 0.2) is 0 Å². The highest BCUT2D eigenvalue weighted by atomic mass is 35.5. The second kappa shape index (κ2) is 8.59. The molecule has 110 valence electrons. The van der Waals surface area contributed by atoms with E-state index < -0.39 is 0 Å². The van der Waals surface area contributed by atoms with Crippen molar-refractivity contribution in [3.63, 3.8) is 0 Å². The standard InChI is InChI=1S/C15H21ClN2O2/c1-3-11(2)18-15(20)10-14(19)17-8-7-12-5-4-6-13(16)9-12/h4-6,9,11H,3,7-8,10H2,1-2H3,(H,17,19)(H,18,20). The third-order valence-electron chi connectivity index (χ3n) is 2.97. The van der Waals surface area contributed by atoms with Gasteiger partial charge in [-0.3, -0.25) is 9.59 Å². The first-order valence-electron chi connectivity index (χ1n) is 6.81. The van der Waals surface area contributed by atoms with E-state index in [0.29, 0.717) is 18.0 Å². The lowest BCUT2D eigenvalue weighted by atomic mass is 10.1. The quantitative estimate of drug-likeness (QED) is 0.759. The summed E-state index contributed by atoms with van der Waals surface area (Å²) in [6.07, 6.45) is 1.42. The van der Waals surface area contributed by atoms with Gasteiger partial charge in [0.05, 0.1) is 0 Å². The van der Waals surface area contributed by atoms with Gasteiger partial charge in [-0.2, -0.15) is 0 Å². The summed E-state index contributed by atoms with van der Waals surface area (Å²) >= 11 is 5.88. The first-order valence-corrected chi connectivity index (χ1v) is 7.19. The number of carbonyl (C=O) groups is 2. The van der Waals surface area contributed by atoms with Gasteiger partial charge in [-0.1, -0.05) is 30.7 Å². The van der Waals surface area contributed by atoms with Crippen LogP contribution in [0.5, 0.6) is 0 Å². The maximum absolute atomic E-state index is 11.6. The minimum Gasteiger partial charge on any atom is -0.355 e. The predicted octanol–water partition coefficient (Wildman–Crippen LogP) is 2.30. The number of rotatable bonds is 7. The van der Waals surface area contributed by atoms with Crippen LogP contribution in [-0.2, 0) is 16.0 Å². The lowest BCUT2D eigenvalue weighted by Crippen LogP contribution is -2.36. The van der Waals surface area contributed by atoms with Crippen LogP contribution in [0.15, 0.2) is 24.3 Å². The van der Waals surface area contributed by atoms with E-state index in [4.69, 9.17) is 11.6 Å². The molecule has 0 aliphatic rings. The molecular formula is C15H21ClN2O2. The molecule has 1 aromatic carbocycles. The molecular weight excluding hydrogens is 276 g/mol. The number of carbonyl (C=O) groups excluding carboxylic acids is 2. The van der Waals surface area contributed by atoms with Crippen molar-refractivity contribution in [2.45, 2.75) is 39.2 Å². The number of amides is 2. The van der Waals surface area contributed by atoms with Crippen molar-refractivity contribution >= 4 is 23.4 Å². The third kappa shape index (κ3) is 6.57. The second-order valence-corrected chi connectivity index (χ2v) is 5.22. The van der Waals surface area contributed by atoms with Crippen molar-refractivity contribution in [2.24, 2.45) is 0 Å². The monoisotopic (exact) mass is 296 g/mol. The summed E-state index contributed by atoms with van der Waals surface area (Å²) in [7, 11) is 0. The summed E-state index contributed by atoms with van der Waals surface area (Å²) in [5.74, 6) is -0.493. The van der Waals surface area contributed by atoms with Crippen LogP contribution in [0.4, 0.5) is 0 Å². The van der Waals surface area contributed by atoms with Crippen LogP contribution in [-0.4, -0.2) is 24.4 Å². The molecule has 0 fully saturated rings. The Labute approximate surface area is 124 Å². The highest BCUT2D eigenvalue weighted by Crippen LogP contribution is 2.10. The van der Waals surface area contributed by atoms with Crippen LogP contribution in [0, 0.1) is 0 Å². The molecule has 5 heteroatoms. The zero-order valence-corrected chi connectivity index (χ0v) is 12.7. The average molecular weight is 297 g/mol. The van der Waals surface area contributed by atoms with Crippen molar-refractivity contribution < 1.29 is 9.59 Å². The van der Waals surface area contributed by atoms with Crippen molar-refractivity contribution in [3.05, 3.63) is 34.9 Å². The number of hydrogen-bond acceptors (Lipinski definition) is 2. The molecule has 4 nitrogen and oxygen atoms in total. The van der Waals surface area contributed by atoms with Gasteiger partial charge in [-0.15, -0.1) is 0 Å². The predicted molar refractivity (Wildman–Crippen MR) is 80.7 cm³/mol. The van der Waals surface area contributed by atoms with E-state index in [0.717, 1.165) is 12.0 Å². The molecule has 0 radical (unpaired) electrons. The number of benzene rings is 1. The van der Waals surface area contributed by atoms with E-state index in [1.54, 1.807) is 0 Å². The van der Waals surface area contributed by atoms with Gasteiger partial charge in [0.2, 0.25) is 11.8 Å². The summed E-state index contributed by atoms with van der Waals surface area (Å²) in [4.78, 5) is 23.1. The van der Waals surface area contributed by atoms with E-state index in [2.05, 4.69) is 10.6 Å². The molecule has 1 rings (SSSR count). The van der Waals surface area contributed by atoms with Gasteiger partial charge in [-0.25, -0.2) is 0 Å². The molecule has 0 heterocycles. The van der Waals surface area contributed by atoms with E-state index in [1.807, 2.05) is 38.1 Å². The highest BCUT2D eigenvalue weighted by Gasteiger charge is 2.10. The molecule has 0 aliphatic heterocycles. The fraction of sp³-hybridized carbons (Fsp3) is 0.467. The highest BCUT2D eigenvalue weighted by molar-refractivity contribution is 6.30. The van der Waals surface area contributed by atoms with Gasteiger partial charge in [0, 0.05) is 17.6 Å². The summed E-state index contributed by atoms with van der Waals surface area (Å²) in [6, 6.07) is 7.60. The number of halogens is 1. The minimum absolute atomic E-state index is 0.0989. The Balaban J connectivity index is 2.25. The molecule has 20 heavy (non-hydrogen) atoms. The molecule has 1 aromatic rings. The van der Waals surface area contributed by atoms with E-state index in [9.17, 15) is 9.59 Å². The average Bonchev–Trinajstić information content (AvgIpc) is 2.38. The summed E-state index contributed by atoms with van der Waals surface area (Å²) in [6.45, 7) is 4.39. The van der Waals surface area contributed by atoms with E-state index in [-0.39, 0.29) is 24.3 Å². The van der Waals surface area contributed by atoms with Crippen LogP contribution in [0.25, 0.3) is 0 Å². The maximum atomic E-state index is 11.6. The number of hydrogen-bond donors (Lipinski definition) is 2. The molecule has 2 amide bonds. The van der Waals surface area contributed by atoms with E-state index >= 15 is 0 Å². The van der Waals surface area contributed by atoms with Crippen molar-refractivity contribution in [2.75, 3.05) is 6.54 Å². The van der Waals surface area contributed by atoms with Gasteiger partial charge in [-0.05, 0) is 37.5 Å². The normalized spacial score (nSPS) is 11.8. The van der Waals surface area contributed by atoms with Crippen LogP contribution in [0.2, 0.25) is 5.02 Å². The minimum atomic E-state index is -0.257. The summed E-state index contributed by atoms with van der Waals surface area (Å²) in [5.41, 5.74) is 1.06. The molecule has 0 aromatic heterocycles. The smallest absolute Gasteiger partial charge is 0.229 e. The Kier molecular flexibility index (Phi) is 7.09. The first kappa shape index (κ1) is 16.5. The topological polar surface area (TPSA) is 58.2 Å². The zero-order chi connectivity index (χ0) is 15.0. The Morgan fingerprint density at radius 1 is 1.30 bits per heavy atom. The first-order chi connectivity index (χ1) is 9.51. The molecule has 2 N–H and O–H groups in total. The van der Waals surface area contributed by atoms with Crippen molar-refractivity contribution in [1.82, 2.24) is 10.6 Å². The van der Waals surface area contributed by atoms with Gasteiger partial charge >= 0.3 is 0 Å². The summed E-state index contributed by atoms with van der Waals surface area (Å²) < 4.78 is 0. The van der Waals surface area contributed by atoms with Crippen LogP contribution >= 0.6 is 11.6 Å². The Hall–Kier alpha value is -1.55. The third-order valence-corrected chi connectivity index (χ3v) is 3.20. The Bertz CT molecular complexity index is 463. The molecule has 1 atom stereocenters. The zero-order valence-electron chi connectivity index (χ0n) is 11.9. The Morgan fingerprint density at radius 2 is 2.05 bits per heavy atom. The van der Waals surface area contributed by atoms with Crippen molar-refractivity contribution in [1.29, 1.82) is 0 Å². The molecule has 1 unspecified atom stereocenters. The summed E-state index contributed by atoms with van der Waals surface area (Å²) in [5, 5.41) is 6.17. The van der Waals surface area contributed by atoms with Crippen LogP contribution in [0.1, 0.15) is 32.3 Å². The molecule has 0 saturated carbocycles. The maximum Gasteiger partial charge on any atom is 0.229 e. The van der Waals surface area contributed by atoms with Crippen LogP contribution < -0.4 is 10.6 Å². The molecule has 0 aliphatic carbocycles. The largest absolute Gasteiger partial charge is 0.355 e. The SMILES string of the molecule is CCC(C)NC(=O)CC(=O)NCCc1cccc(Cl)c1. The fourth-order valence-electron chi connectivity index (χ4n) is 1.67. The van der Waals surface area contributed by atoms with Crippen LogP contribution in [0.3, 0.4) is 0 Å². The van der Waals surface area contributed by atoms with Gasteiger partial charge in [0.25, 0.3) is 0 Å². The fourth-order valence-corrected chi connectivity index (χ4v) is 1.89. The lowest BCUT2D eigenvalue weighted by molar-refractivity contribution is -0.129. The second-order valence-electron chi connectivity index (χ2n) is 4.78. The van der Waals surface area contributed by atoms with Gasteiger partial charge < -0.3 is 10.6 Å². The molecule has 0 saturated heterocycles. The Morgan fingerprint density at radius 3 is 2.70 bits per heavy atom. The van der Waals surface area contributed by atoms with Crippen molar-refractivity contribution in [3.8, 4) is 0 Å². The number of nitrogens with one attached hydrogen (secondary N) is 2. The molecule has 0 bridgehead atoms. The lowest BCUT2D eigenvalue weighted by Gasteiger charge is -2.11. The molecule has 0 spiro atoms. The van der Waals surface area contributed by atoms with E-state index in [1.165, 1.54) is 0 Å². The van der Waals surface area contributed by atoms with Gasteiger partial charge in [0.1, 0.15) is 6.42 Å².